The molecule has 118 valence electrons. The van der Waals surface area contributed by atoms with Gasteiger partial charge in [-0.2, -0.15) is 13.2 Å². The van der Waals surface area contributed by atoms with Crippen LogP contribution in [0.2, 0.25) is 0 Å². The largest absolute Gasteiger partial charge is 0.433 e. The van der Waals surface area contributed by atoms with Crippen molar-refractivity contribution in [2.45, 2.75) is 32.1 Å². The van der Waals surface area contributed by atoms with Gasteiger partial charge in [0.05, 0.1) is 0 Å². The van der Waals surface area contributed by atoms with E-state index in [0.717, 1.165) is 19.0 Å². The summed E-state index contributed by atoms with van der Waals surface area (Å²) in [6.45, 7) is 4.40. The van der Waals surface area contributed by atoms with Gasteiger partial charge in [0.15, 0.2) is 0 Å². The molecule has 0 amide bonds. The molecule has 2 heterocycles. The summed E-state index contributed by atoms with van der Waals surface area (Å²) in [6, 6.07) is 2.75. The molecule has 7 heteroatoms. The quantitative estimate of drug-likeness (QED) is 0.928. The zero-order chi connectivity index (χ0) is 15.6. The Bertz CT molecular complexity index is 490. The predicted octanol–water partition coefficient (Wildman–Crippen LogP) is 2.09. The number of anilines is 1. The Morgan fingerprint density at radius 1 is 1.33 bits per heavy atom. The van der Waals surface area contributed by atoms with E-state index < -0.39 is 11.9 Å². The van der Waals surface area contributed by atoms with Crippen molar-refractivity contribution in [3.05, 3.63) is 23.4 Å². The molecule has 1 aromatic rings. The van der Waals surface area contributed by atoms with Crippen LogP contribution in [0.3, 0.4) is 0 Å². The lowest BCUT2D eigenvalue weighted by atomic mass is 10.1. The van der Waals surface area contributed by atoms with Crippen molar-refractivity contribution < 1.29 is 13.2 Å². The molecule has 1 aliphatic heterocycles. The maximum absolute atomic E-state index is 12.9. The molecule has 0 bridgehead atoms. The molecule has 2 rings (SSSR count). The number of aromatic nitrogens is 1. The van der Waals surface area contributed by atoms with Gasteiger partial charge in [-0.05, 0) is 19.5 Å². The van der Waals surface area contributed by atoms with Crippen molar-refractivity contribution in [2.24, 2.45) is 5.73 Å². The highest BCUT2D eigenvalue weighted by Gasteiger charge is 2.34. The van der Waals surface area contributed by atoms with Crippen LogP contribution in [-0.2, 0) is 12.7 Å². The summed E-state index contributed by atoms with van der Waals surface area (Å²) in [5.74, 6) is 0.374. The number of alkyl halides is 3. The first-order valence-electron chi connectivity index (χ1n) is 7.09. The molecule has 1 saturated heterocycles. The van der Waals surface area contributed by atoms with Gasteiger partial charge in [-0.1, -0.05) is 13.0 Å². The van der Waals surface area contributed by atoms with E-state index in [2.05, 4.69) is 16.8 Å². The van der Waals surface area contributed by atoms with Gasteiger partial charge in [-0.3, -0.25) is 4.90 Å². The fourth-order valence-corrected chi connectivity index (χ4v) is 2.65. The number of nitrogens with zero attached hydrogens (tertiary/aromatic N) is 3. The van der Waals surface area contributed by atoms with Gasteiger partial charge >= 0.3 is 6.18 Å². The van der Waals surface area contributed by atoms with Crippen LogP contribution in [0.15, 0.2) is 12.1 Å². The topological polar surface area (TPSA) is 45.4 Å². The predicted molar refractivity (Wildman–Crippen MR) is 76.1 cm³/mol. The Kier molecular flexibility index (Phi) is 4.73. The Morgan fingerprint density at radius 2 is 2.05 bits per heavy atom. The fourth-order valence-electron chi connectivity index (χ4n) is 2.65. The van der Waals surface area contributed by atoms with Crippen molar-refractivity contribution in [2.75, 3.05) is 31.6 Å². The molecule has 0 aromatic carbocycles. The first-order valence-corrected chi connectivity index (χ1v) is 7.09. The van der Waals surface area contributed by atoms with Gasteiger partial charge in [0.25, 0.3) is 0 Å². The van der Waals surface area contributed by atoms with E-state index in [1.807, 2.05) is 11.9 Å². The summed E-state index contributed by atoms with van der Waals surface area (Å²) in [7, 11) is 2.04. The third kappa shape index (κ3) is 3.47. The number of pyridine rings is 1. The summed E-state index contributed by atoms with van der Waals surface area (Å²) in [5.41, 5.74) is 5.45. The molecule has 1 fully saturated rings. The fraction of sp³-hybridized carbons (Fsp3) is 0.643. The van der Waals surface area contributed by atoms with Crippen LogP contribution in [0, 0.1) is 0 Å². The molecule has 1 unspecified atom stereocenters. The molecule has 21 heavy (non-hydrogen) atoms. The van der Waals surface area contributed by atoms with Crippen LogP contribution in [0.25, 0.3) is 0 Å². The monoisotopic (exact) mass is 302 g/mol. The SMILES string of the molecule is CCC1CN(c2nc(C(F)(F)F)ccc2CN)CCN1C. The number of hydrogen-bond donors (Lipinski definition) is 1. The standard InChI is InChI=1S/C14H21F3N4/c1-3-11-9-21(7-6-20(11)2)13-10(8-18)4-5-12(19-13)14(15,16)17/h4-5,11H,3,6-9,18H2,1-2H3. The molecule has 0 aliphatic carbocycles. The minimum absolute atomic E-state index is 0.184. The maximum Gasteiger partial charge on any atom is 0.433 e. The zero-order valence-corrected chi connectivity index (χ0v) is 12.3. The number of likely N-dealkylation sites (N-methyl/N-ethyl adjacent to an activating group) is 1. The highest BCUT2D eigenvalue weighted by Crippen LogP contribution is 2.31. The highest BCUT2D eigenvalue weighted by atomic mass is 19.4. The van der Waals surface area contributed by atoms with Gasteiger partial charge < -0.3 is 10.6 Å². The second-order valence-corrected chi connectivity index (χ2v) is 5.37. The lowest BCUT2D eigenvalue weighted by molar-refractivity contribution is -0.141. The Labute approximate surface area is 122 Å². The van der Waals surface area contributed by atoms with Crippen LogP contribution >= 0.6 is 0 Å². The first kappa shape index (κ1) is 16.0. The average Bonchev–Trinajstić information content (AvgIpc) is 2.46. The number of halogens is 3. The average molecular weight is 302 g/mol. The molecular formula is C14H21F3N4. The number of rotatable bonds is 3. The van der Waals surface area contributed by atoms with Gasteiger partial charge in [-0.25, -0.2) is 4.98 Å². The van der Waals surface area contributed by atoms with Crippen molar-refractivity contribution in [3.63, 3.8) is 0 Å². The van der Waals surface area contributed by atoms with Crippen molar-refractivity contribution in [1.29, 1.82) is 0 Å². The van der Waals surface area contributed by atoms with Crippen LogP contribution in [0.1, 0.15) is 24.6 Å². The van der Waals surface area contributed by atoms with E-state index in [0.29, 0.717) is 30.5 Å². The van der Waals surface area contributed by atoms with Crippen LogP contribution in [0.4, 0.5) is 19.0 Å². The van der Waals surface area contributed by atoms with E-state index in [4.69, 9.17) is 5.73 Å². The lowest BCUT2D eigenvalue weighted by Gasteiger charge is -2.40. The second-order valence-electron chi connectivity index (χ2n) is 5.37. The number of hydrogen-bond acceptors (Lipinski definition) is 4. The summed E-state index contributed by atoms with van der Waals surface area (Å²) in [4.78, 5) is 7.99. The van der Waals surface area contributed by atoms with Crippen LogP contribution in [-0.4, -0.2) is 42.6 Å². The normalized spacial score (nSPS) is 20.9. The van der Waals surface area contributed by atoms with E-state index in [1.54, 1.807) is 0 Å². The van der Waals surface area contributed by atoms with Gasteiger partial charge in [0.1, 0.15) is 11.5 Å². The van der Waals surface area contributed by atoms with Gasteiger partial charge in [-0.15, -0.1) is 0 Å². The Morgan fingerprint density at radius 3 is 2.62 bits per heavy atom. The molecule has 4 nitrogen and oxygen atoms in total. The molecule has 1 atom stereocenters. The molecule has 1 aromatic heterocycles. The first-order chi connectivity index (χ1) is 9.86. The van der Waals surface area contributed by atoms with Crippen LogP contribution < -0.4 is 10.6 Å². The van der Waals surface area contributed by atoms with Crippen molar-refractivity contribution >= 4 is 5.82 Å². The lowest BCUT2D eigenvalue weighted by Crippen LogP contribution is -2.51. The Hall–Kier alpha value is -1.34. The molecule has 2 N–H and O–H groups in total. The minimum Gasteiger partial charge on any atom is -0.353 e. The zero-order valence-electron chi connectivity index (χ0n) is 12.3. The van der Waals surface area contributed by atoms with E-state index >= 15 is 0 Å². The Balaban J connectivity index is 2.33. The summed E-state index contributed by atoms with van der Waals surface area (Å²) in [5, 5.41) is 0. The third-order valence-corrected chi connectivity index (χ3v) is 4.01. The molecular weight excluding hydrogens is 281 g/mol. The van der Waals surface area contributed by atoms with E-state index in [9.17, 15) is 13.2 Å². The van der Waals surface area contributed by atoms with E-state index in [1.165, 1.54) is 6.07 Å². The molecule has 0 radical (unpaired) electrons. The van der Waals surface area contributed by atoms with Crippen LogP contribution in [0.5, 0.6) is 0 Å². The maximum atomic E-state index is 12.9. The number of piperazine rings is 1. The molecule has 0 spiro atoms. The second kappa shape index (κ2) is 6.19. The summed E-state index contributed by atoms with van der Waals surface area (Å²) < 4.78 is 38.6. The number of nitrogens with two attached hydrogens (primary N) is 1. The summed E-state index contributed by atoms with van der Waals surface area (Å²) in [6.07, 6.45) is -3.48. The van der Waals surface area contributed by atoms with Gasteiger partial charge in [0, 0.05) is 37.8 Å². The minimum atomic E-state index is -4.43. The van der Waals surface area contributed by atoms with Crippen molar-refractivity contribution in [3.8, 4) is 0 Å². The summed E-state index contributed by atoms with van der Waals surface area (Å²) >= 11 is 0. The molecule has 0 saturated carbocycles. The third-order valence-electron chi connectivity index (χ3n) is 4.01. The highest BCUT2D eigenvalue weighted by molar-refractivity contribution is 5.49. The van der Waals surface area contributed by atoms with Gasteiger partial charge in [0.2, 0.25) is 0 Å². The molecule has 1 aliphatic rings. The van der Waals surface area contributed by atoms with Crippen molar-refractivity contribution in [1.82, 2.24) is 9.88 Å². The smallest absolute Gasteiger partial charge is 0.353 e. The van der Waals surface area contributed by atoms with E-state index in [-0.39, 0.29) is 6.54 Å².